The Bertz CT molecular complexity index is 2540. The number of ether oxygens (including phenoxy) is 3. The van der Waals surface area contributed by atoms with E-state index >= 15 is 0 Å². The number of nitrogens with one attached hydrogen (secondary N) is 2. The fourth-order valence-electron chi connectivity index (χ4n) is 8.34. The zero-order valence-electron chi connectivity index (χ0n) is 35.5. The average Bonchev–Trinajstić information content (AvgIpc) is 3.87. The second-order valence-corrected chi connectivity index (χ2v) is 16.1. The molecule has 10 N–H and O–H groups in total. The van der Waals surface area contributed by atoms with E-state index in [0.717, 1.165) is 28.7 Å². The number of carboxylic acid groups (broad SMARTS) is 1. The van der Waals surface area contributed by atoms with E-state index < -0.39 is 79.0 Å². The van der Waals surface area contributed by atoms with Gasteiger partial charge in [0.05, 0.1) is 10.9 Å². The number of nitrogens with zero attached hydrogens (tertiary/aromatic N) is 1. The number of carboxylic acids is 1. The molecule has 0 bridgehead atoms. The molecule has 65 heavy (non-hydrogen) atoms. The zero-order valence-corrected chi connectivity index (χ0v) is 35.5. The van der Waals surface area contributed by atoms with Crippen molar-refractivity contribution < 1.29 is 79.0 Å². The number of esters is 1. The second kappa shape index (κ2) is 20.1. The van der Waals surface area contributed by atoms with E-state index in [2.05, 4.69) is 10.3 Å². The van der Waals surface area contributed by atoms with Gasteiger partial charge < -0.3 is 64.8 Å². The molecule has 1 fully saturated rings. The quantitative estimate of drug-likeness (QED) is 0.0258. The van der Waals surface area contributed by atoms with Gasteiger partial charge in [-0.3, -0.25) is 14.4 Å². The summed E-state index contributed by atoms with van der Waals surface area (Å²) < 4.78 is 23.5. The van der Waals surface area contributed by atoms with Crippen LogP contribution >= 0.6 is 0 Å². The maximum absolute atomic E-state index is 13.6. The summed E-state index contributed by atoms with van der Waals surface area (Å²) >= 11 is 0. The Morgan fingerprint density at radius 2 is 1.77 bits per heavy atom. The summed E-state index contributed by atoms with van der Waals surface area (Å²) in [7, 11) is 1.34. The number of phenols is 1. The molecule has 9 atom stereocenters. The number of carbonyl (C=O) groups excluding carboxylic acids is 1. The van der Waals surface area contributed by atoms with E-state index in [0.29, 0.717) is 34.9 Å². The van der Waals surface area contributed by atoms with Crippen LogP contribution in [0.4, 0.5) is 0 Å². The van der Waals surface area contributed by atoms with Crippen LogP contribution in [0.25, 0.3) is 27.8 Å². The number of hydrogen-bond donors (Lipinski definition) is 10. The molecular weight excluding hydrogens is 851 g/mol. The van der Waals surface area contributed by atoms with E-state index in [-0.39, 0.29) is 47.6 Å². The van der Waals surface area contributed by atoms with Crippen LogP contribution in [-0.2, 0) is 30.3 Å². The Morgan fingerprint density at radius 1 is 1.00 bits per heavy atom. The number of unbranched alkanes of at least 4 members (excludes halogenated alkanes) is 1. The number of carbonyl (C=O) groups is 2. The van der Waals surface area contributed by atoms with Crippen LogP contribution in [0, 0.1) is 12.8 Å². The molecular formula is C46H52N3O16+. The summed E-state index contributed by atoms with van der Waals surface area (Å²) in [5.41, 5.74) is 5.03. The van der Waals surface area contributed by atoms with Gasteiger partial charge in [0.15, 0.2) is 23.1 Å². The molecule has 4 aromatic rings. The fourth-order valence-corrected chi connectivity index (χ4v) is 8.34. The molecule has 7 rings (SSSR count). The van der Waals surface area contributed by atoms with Crippen LogP contribution < -0.4 is 20.5 Å². The van der Waals surface area contributed by atoms with Crippen LogP contribution in [0.3, 0.4) is 0 Å². The highest BCUT2D eigenvalue weighted by molar-refractivity contribution is 5.95. The molecule has 3 aliphatic heterocycles. The molecule has 1 saturated heterocycles. The molecule has 9 unspecified atom stereocenters. The van der Waals surface area contributed by atoms with Crippen LogP contribution in [-0.4, -0.2) is 135 Å². The molecule has 4 heterocycles. The summed E-state index contributed by atoms with van der Waals surface area (Å²) in [5.74, 6) is -8.48. The van der Waals surface area contributed by atoms with E-state index in [4.69, 9.17) is 23.5 Å². The topological polar surface area (TPSA) is 292 Å². The fraction of sp³-hybridized carbons (Fsp3) is 0.391. The van der Waals surface area contributed by atoms with Crippen LogP contribution in [0.2, 0.25) is 0 Å². The second-order valence-electron chi connectivity index (χ2n) is 16.1. The minimum atomic E-state index is -3.20. The van der Waals surface area contributed by atoms with Gasteiger partial charge in [-0.25, -0.2) is 4.99 Å². The summed E-state index contributed by atoms with van der Waals surface area (Å²) in [5, 5.41) is 87.6. The molecule has 0 radical (unpaired) electrons. The first-order valence-electron chi connectivity index (χ1n) is 21.0. The normalized spacial score (nSPS) is 23.5. The van der Waals surface area contributed by atoms with Gasteiger partial charge in [-0.15, -0.1) is 0 Å². The third-order valence-electron chi connectivity index (χ3n) is 11.6. The van der Waals surface area contributed by atoms with Gasteiger partial charge in [-0.1, -0.05) is 23.8 Å². The highest BCUT2D eigenvalue weighted by Gasteiger charge is 2.59. The average molecular weight is 903 g/mol. The summed E-state index contributed by atoms with van der Waals surface area (Å²) in [6.07, 6.45) is -3.33. The van der Waals surface area contributed by atoms with Crippen LogP contribution in [0.5, 0.6) is 11.5 Å². The van der Waals surface area contributed by atoms with Crippen molar-refractivity contribution >= 4 is 34.8 Å². The number of aliphatic imine (C=N–C) groups is 1. The first-order valence-corrected chi connectivity index (χ1v) is 21.0. The van der Waals surface area contributed by atoms with Gasteiger partial charge in [-0.05, 0) is 93.3 Å². The van der Waals surface area contributed by atoms with E-state index in [9.17, 15) is 55.2 Å². The van der Waals surface area contributed by atoms with Crippen molar-refractivity contribution in [1.82, 2.24) is 5.32 Å². The van der Waals surface area contributed by atoms with E-state index in [1.807, 2.05) is 31.2 Å². The third-order valence-corrected chi connectivity index (χ3v) is 11.6. The number of benzene rings is 3. The molecule has 0 aliphatic carbocycles. The smallest absolute Gasteiger partial charge is 0.324 e. The van der Waals surface area contributed by atoms with Crippen molar-refractivity contribution in [3.05, 3.63) is 111 Å². The molecule has 0 saturated carbocycles. The summed E-state index contributed by atoms with van der Waals surface area (Å²) in [4.78, 5) is 50.5. The molecule has 19 nitrogen and oxygen atoms in total. The predicted molar refractivity (Wildman–Crippen MR) is 230 cm³/mol. The predicted octanol–water partition coefficient (Wildman–Crippen LogP) is 0.0881. The number of aliphatic carboxylic acids is 1. The van der Waals surface area contributed by atoms with Gasteiger partial charge in [-0.2, -0.15) is 9.90 Å². The highest BCUT2D eigenvalue weighted by Crippen LogP contribution is 2.35. The number of fused-ring (bicyclic) bond motifs is 2. The van der Waals surface area contributed by atoms with Crippen molar-refractivity contribution in [2.45, 2.75) is 75.1 Å². The van der Waals surface area contributed by atoms with Gasteiger partial charge in [0, 0.05) is 42.7 Å². The molecule has 1 aromatic heterocycles. The third kappa shape index (κ3) is 9.89. The summed E-state index contributed by atoms with van der Waals surface area (Å²) in [6.45, 7) is 0.210. The van der Waals surface area contributed by atoms with Gasteiger partial charge in [0.25, 0.3) is 5.79 Å². The number of phenolic OH excluding ortho intramolecular Hbond substituents is 1. The first kappa shape index (κ1) is 47.1. The number of aryl methyl sites for hydroxylation is 2. The standard InChI is InChI=1S/C46H51N3O16/c1-24-17-25(5-3-4-15-50)19-28(18-24)37-36-27(12-14-48-36)21-49(37)65-41-39(55)40(56)42(46(60,23-52)64-44(59)35(43(57)58)33(47-2)13-16-51)63-45(41)62-30-10-11-31-34(20-30)61-22-32(38(31)54)26-6-8-29(53)9-7-26/h6-12,14,17-20,22,33,35,39-42,45,47,50-53,55-56,60H,3-5,13,15-16,21,23H2,1-2H3,(H,57,58)/p+1. The first-order chi connectivity index (χ1) is 31.2. The van der Waals surface area contributed by atoms with Crippen molar-refractivity contribution in [2.24, 2.45) is 10.9 Å². The molecule has 3 aromatic carbocycles. The number of aromatic hydroxyl groups is 1. The van der Waals surface area contributed by atoms with Gasteiger partial charge in [0.2, 0.25) is 12.4 Å². The zero-order chi connectivity index (χ0) is 46.6. The van der Waals surface area contributed by atoms with Gasteiger partial charge in [0.1, 0.15) is 54.4 Å². The Morgan fingerprint density at radius 3 is 2.46 bits per heavy atom. The van der Waals surface area contributed by atoms with Crippen molar-refractivity contribution in [3.8, 4) is 22.6 Å². The number of allylic oxidation sites excluding steroid dienone is 1. The minimum absolute atomic E-state index is 0.00980. The highest BCUT2D eigenvalue weighted by atomic mass is 16.8. The van der Waals surface area contributed by atoms with E-state index in [1.54, 1.807) is 18.3 Å². The molecule has 0 amide bonds. The molecule has 3 aliphatic rings. The minimum Gasteiger partial charge on any atom is -0.508 e. The number of aliphatic hydroxyl groups excluding tert-OH is 5. The largest absolute Gasteiger partial charge is 0.508 e. The van der Waals surface area contributed by atoms with Crippen molar-refractivity contribution in [2.75, 3.05) is 33.4 Å². The SMILES string of the molecule is CNC(CCO)C(C(=O)O)C(=O)OC(O)(CO)C1OC(Oc2ccc3c(=O)c(-c4ccc(O)cc4)coc3c2)C(O[NH+]2CC3=CC=NC3=C2c2cc(C)cc(CCCCO)c2)C(O)C1O. The number of quaternary nitrogens is 1. The van der Waals surface area contributed by atoms with Crippen molar-refractivity contribution in [3.63, 3.8) is 0 Å². The van der Waals surface area contributed by atoms with Crippen LogP contribution in [0.15, 0.2) is 98.5 Å². The molecule has 19 heteroatoms. The molecule has 346 valence electrons. The lowest BCUT2D eigenvalue weighted by molar-refractivity contribution is -1.04. The lowest BCUT2D eigenvalue weighted by Gasteiger charge is -2.46. The molecule has 0 spiro atoms. The Hall–Kier alpha value is -5.84. The number of rotatable bonds is 19. The van der Waals surface area contributed by atoms with Crippen LogP contribution in [0.1, 0.15) is 36.0 Å². The Kier molecular flexibility index (Phi) is 14.6. The lowest BCUT2D eigenvalue weighted by atomic mass is 9.92. The lowest BCUT2D eigenvalue weighted by Crippen LogP contribution is -3.08. The number of hydrogen-bond acceptors (Lipinski definition) is 17. The number of hydroxylamine groups is 2. The van der Waals surface area contributed by atoms with Gasteiger partial charge >= 0.3 is 11.9 Å². The van der Waals surface area contributed by atoms with E-state index in [1.165, 1.54) is 43.6 Å². The number of aliphatic hydroxyl groups is 6. The summed E-state index contributed by atoms with van der Waals surface area (Å²) in [6, 6.07) is 14.9. The Labute approximate surface area is 371 Å². The maximum Gasteiger partial charge on any atom is 0.324 e. The van der Waals surface area contributed by atoms with Crippen molar-refractivity contribution in [1.29, 1.82) is 0 Å². The monoisotopic (exact) mass is 902 g/mol. The maximum atomic E-state index is 13.6. The Balaban J connectivity index is 1.25.